The van der Waals surface area contributed by atoms with Crippen molar-refractivity contribution in [2.45, 2.75) is 20.8 Å². The van der Waals surface area contributed by atoms with Gasteiger partial charge in [-0.2, -0.15) is 0 Å². The topological polar surface area (TPSA) is 3.24 Å². The SMILES string of the molecule is CC.Cc1c(F)cccc1N(C)C. The molecule has 0 aliphatic heterocycles. The van der Waals surface area contributed by atoms with E-state index in [1.165, 1.54) is 6.07 Å². The van der Waals surface area contributed by atoms with Gasteiger partial charge in [-0.3, -0.25) is 0 Å². The highest BCUT2D eigenvalue weighted by atomic mass is 19.1. The summed E-state index contributed by atoms with van der Waals surface area (Å²) in [5, 5.41) is 0. The molecule has 0 N–H and O–H groups in total. The van der Waals surface area contributed by atoms with E-state index in [-0.39, 0.29) is 5.82 Å². The molecule has 1 rings (SSSR count). The molecule has 0 fully saturated rings. The molecule has 0 saturated carbocycles. The standard InChI is InChI=1S/C9H12FN.C2H6/c1-7-8(10)5-4-6-9(7)11(2)3;1-2/h4-6H,1-3H3;1-2H3. The van der Waals surface area contributed by atoms with Crippen molar-refractivity contribution in [1.82, 2.24) is 0 Å². The largest absolute Gasteiger partial charge is 0.377 e. The van der Waals surface area contributed by atoms with Gasteiger partial charge in [-0.1, -0.05) is 19.9 Å². The minimum absolute atomic E-state index is 0.142. The van der Waals surface area contributed by atoms with Gasteiger partial charge in [0.25, 0.3) is 0 Å². The van der Waals surface area contributed by atoms with Crippen molar-refractivity contribution < 1.29 is 4.39 Å². The maximum Gasteiger partial charge on any atom is 0.128 e. The highest BCUT2D eigenvalue weighted by molar-refractivity contribution is 5.52. The van der Waals surface area contributed by atoms with Gasteiger partial charge in [0.1, 0.15) is 5.82 Å². The van der Waals surface area contributed by atoms with Crippen LogP contribution < -0.4 is 4.90 Å². The Morgan fingerprint density at radius 1 is 1.15 bits per heavy atom. The van der Waals surface area contributed by atoms with Crippen LogP contribution in [0.15, 0.2) is 18.2 Å². The lowest BCUT2D eigenvalue weighted by atomic mass is 10.2. The molecule has 2 heteroatoms. The average Bonchev–Trinajstić information content (AvgIpc) is 2.13. The van der Waals surface area contributed by atoms with E-state index in [1.807, 2.05) is 38.9 Å². The highest BCUT2D eigenvalue weighted by Crippen LogP contribution is 2.19. The fourth-order valence-electron chi connectivity index (χ4n) is 1.08. The van der Waals surface area contributed by atoms with E-state index in [2.05, 4.69) is 0 Å². The van der Waals surface area contributed by atoms with Crippen LogP contribution in [0.25, 0.3) is 0 Å². The zero-order valence-corrected chi connectivity index (χ0v) is 9.06. The van der Waals surface area contributed by atoms with E-state index in [9.17, 15) is 4.39 Å². The van der Waals surface area contributed by atoms with E-state index in [1.54, 1.807) is 13.0 Å². The number of hydrogen-bond acceptors (Lipinski definition) is 1. The zero-order chi connectivity index (χ0) is 10.4. The number of benzene rings is 1. The molecule has 0 saturated heterocycles. The first-order chi connectivity index (χ1) is 6.13. The number of rotatable bonds is 1. The van der Waals surface area contributed by atoms with Crippen molar-refractivity contribution in [1.29, 1.82) is 0 Å². The molecule has 0 atom stereocenters. The second kappa shape index (κ2) is 5.57. The minimum atomic E-state index is -0.142. The third-order valence-electron chi connectivity index (χ3n) is 1.72. The molecule has 0 radical (unpaired) electrons. The summed E-state index contributed by atoms with van der Waals surface area (Å²) in [5.41, 5.74) is 1.64. The lowest BCUT2D eigenvalue weighted by Gasteiger charge is -2.15. The lowest BCUT2D eigenvalue weighted by Crippen LogP contribution is -2.10. The fourth-order valence-corrected chi connectivity index (χ4v) is 1.08. The maximum atomic E-state index is 12.9. The number of halogens is 1. The molecule has 1 nitrogen and oxygen atoms in total. The van der Waals surface area contributed by atoms with E-state index < -0.39 is 0 Å². The van der Waals surface area contributed by atoms with Crippen LogP contribution in [-0.2, 0) is 0 Å². The van der Waals surface area contributed by atoms with Gasteiger partial charge < -0.3 is 4.90 Å². The Morgan fingerprint density at radius 2 is 1.69 bits per heavy atom. The summed E-state index contributed by atoms with van der Waals surface area (Å²) in [6.07, 6.45) is 0. The lowest BCUT2D eigenvalue weighted by molar-refractivity contribution is 0.618. The minimum Gasteiger partial charge on any atom is -0.377 e. The predicted molar refractivity (Wildman–Crippen MR) is 56.8 cm³/mol. The third kappa shape index (κ3) is 3.05. The van der Waals surface area contributed by atoms with Gasteiger partial charge in [0.2, 0.25) is 0 Å². The first-order valence-electron chi connectivity index (χ1n) is 4.55. The van der Waals surface area contributed by atoms with Crippen LogP contribution in [0, 0.1) is 12.7 Å². The molecule has 0 aliphatic carbocycles. The molecule has 74 valence electrons. The number of nitrogens with zero attached hydrogens (tertiary/aromatic N) is 1. The molecule has 1 aromatic rings. The van der Waals surface area contributed by atoms with E-state index in [0.717, 1.165) is 5.69 Å². The predicted octanol–water partition coefficient (Wildman–Crippen LogP) is 3.23. The Bertz CT molecular complexity index is 256. The molecule has 1 aromatic carbocycles. The van der Waals surface area contributed by atoms with Crippen molar-refractivity contribution in [2.75, 3.05) is 19.0 Å². The van der Waals surface area contributed by atoms with E-state index in [0.29, 0.717) is 5.56 Å². The fraction of sp³-hybridized carbons (Fsp3) is 0.455. The quantitative estimate of drug-likeness (QED) is 0.646. The summed E-state index contributed by atoms with van der Waals surface area (Å²) in [4.78, 5) is 1.90. The summed E-state index contributed by atoms with van der Waals surface area (Å²) >= 11 is 0. The Morgan fingerprint density at radius 3 is 2.08 bits per heavy atom. The Labute approximate surface area is 80.2 Å². The first-order valence-corrected chi connectivity index (χ1v) is 4.55. The van der Waals surface area contributed by atoms with Crippen molar-refractivity contribution in [3.05, 3.63) is 29.6 Å². The smallest absolute Gasteiger partial charge is 0.128 e. The van der Waals surface area contributed by atoms with Gasteiger partial charge in [-0.05, 0) is 19.1 Å². The van der Waals surface area contributed by atoms with Crippen LogP contribution in [0.1, 0.15) is 19.4 Å². The molecule has 13 heavy (non-hydrogen) atoms. The van der Waals surface area contributed by atoms with E-state index in [4.69, 9.17) is 0 Å². The molecule has 0 aliphatic rings. The maximum absolute atomic E-state index is 12.9. The third-order valence-corrected chi connectivity index (χ3v) is 1.72. The Hall–Kier alpha value is -1.05. The van der Waals surface area contributed by atoms with Gasteiger partial charge >= 0.3 is 0 Å². The Kier molecular flexibility index (Phi) is 5.12. The summed E-state index contributed by atoms with van der Waals surface area (Å²) in [6.45, 7) is 5.78. The van der Waals surface area contributed by atoms with Gasteiger partial charge in [-0.25, -0.2) is 4.39 Å². The molecule has 0 heterocycles. The molecule has 0 spiro atoms. The first kappa shape index (κ1) is 11.9. The van der Waals surface area contributed by atoms with Gasteiger partial charge in [-0.15, -0.1) is 0 Å². The Balaban J connectivity index is 0.000000671. The van der Waals surface area contributed by atoms with Crippen LogP contribution in [0.3, 0.4) is 0 Å². The van der Waals surface area contributed by atoms with Gasteiger partial charge in [0.05, 0.1) is 0 Å². The number of anilines is 1. The molecule has 0 unspecified atom stereocenters. The molecule has 0 bridgehead atoms. The second-order valence-electron chi connectivity index (χ2n) is 2.78. The average molecular weight is 183 g/mol. The van der Waals surface area contributed by atoms with Crippen LogP contribution >= 0.6 is 0 Å². The van der Waals surface area contributed by atoms with Crippen molar-refractivity contribution in [2.24, 2.45) is 0 Å². The van der Waals surface area contributed by atoms with Crippen LogP contribution in [-0.4, -0.2) is 14.1 Å². The van der Waals surface area contributed by atoms with Gasteiger partial charge in [0, 0.05) is 25.3 Å². The zero-order valence-electron chi connectivity index (χ0n) is 9.06. The number of hydrogen-bond donors (Lipinski definition) is 0. The van der Waals surface area contributed by atoms with Crippen LogP contribution in [0.5, 0.6) is 0 Å². The van der Waals surface area contributed by atoms with Crippen molar-refractivity contribution >= 4 is 5.69 Å². The van der Waals surface area contributed by atoms with Crippen LogP contribution in [0.4, 0.5) is 10.1 Å². The van der Waals surface area contributed by atoms with Crippen LogP contribution in [0.2, 0.25) is 0 Å². The summed E-state index contributed by atoms with van der Waals surface area (Å²) < 4.78 is 12.9. The molecular weight excluding hydrogens is 165 g/mol. The summed E-state index contributed by atoms with van der Waals surface area (Å²) in [6, 6.07) is 5.10. The van der Waals surface area contributed by atoms with Crippen molar-refractivity contribution in [3.63, 3.8) is 0 Å². The molecule has 0 amide bonds. The van der Waals surface area contributed by atoms with Crippen molar-refractivity contribution in [3.8, 4) is 0 Å². The second-order valence-corrected chi connectivity index (χ2v) is 2.78. The van der Waals surface area contributed by atoms with Gasteiger partial charge in [0.15, 0.2) is 0 Å². The monoisotopic (exact) mass is 183 g/mol. The summed E-state index contributed by atoms with van der Waals surface area (Å²) in [5.74, 6) is -0.142. The highest BCUT2D eigenvalue weighted by Gasteiger charge is 2.03. The molecular formula is C11H18FN. The normalized spacial score (nSPS) is 8.77. The van der Waals surface area contributed by atoms with E-state index >= 15 is 0 Å². The molecule has 0 aromatic heterocycles. The summed E-state index contributed by atoms with van der Waals surface area (Å²) in [7, 11) is 3.81.